The molecular weight excluding hydrogens is 140 g/mol. The van der Waals surface area contributed by atoms with Crippen LogP contribution in [-0.2, 0) is 0 Å². The lowest BCUT2D eigenvalue weighted by Crippen LogP contribution is -2.24. The third-order valence-corrected chi connectivity index (χ3v) is 1.84. The Hall–Kier alpha value is -0.0800. The monoisotopic (exact) mass is 160 g/mol. The molecule has 2 heteroatoms. The first-order chi connectivity index (χ1) is 4.77. The molecule has 0 aromatic heterocycles. The SMILES string of the molecule is CC(C)(O)CCC(C)(C)CO. The molecule has 0 unspecified atom stereocenters. The minimum atomic E-state index is -0.605. The molecule has 0 bridgehead atoms. The highest BCUT2D eigenvalue weighted by Gasteiger charge is 2.21. The lowest BCUT2D eigenvalue weighted by Gasteiger charge is -2.26. The summed E-state index contributed by atoms with van der Waals surface area (Å²) in [5.41, 5.74) is -0.660. The van der Waals surface area contributed by atoms with Gasteiger partial charge in [-0.1, -0.05) is 13.8 Å². The van der Waals surface area contributed by atoms with Gasteiger partial charge in [0.2, 0.25) is 0 Å². The van der Waals surface area contributed by atoms with Crippen LogP contribution in [0.15, 0.2) is 0 Å². The topological polar surface area (TPSA) is 40.5 Å². The molecule has 0 saturated carbocycles. The minimum Gasteiger partial charge on any atom is -0.396 e. The maximum absolute atomic E-state index is 9.39. The Morgan fingerprint density at radius 2 is 1.45 bits per heavy atom. The predicted molar refractivity (Wildman–Crippen MR) is 46.4 cm³/mol. The predicted octanol–water partition coefficient (Wildman–Crippen LogP) is 1.56. The molecule has 0 atom stereocenters. The Bertz CT molecular complexity index is 111. The highest BCUT2D eigenvalue weighted by atomic mass is 16.3. The Kier molecular flexibility index (Phi) is 3.52. The van der Waals surface area contributed by atoms with E-state index < -0.39 is 5.60 Å². The van der Waals surface area contributed by atoms with Crippen LogP contribution < -0.4 is 0 Å². The first-order valence-electron chi connectivity index (χ1n) is 4.10. The molecule has 0 aromatic rings. The van der Waals surface area contributed by atoms with Gasteiger partial charge in [-0.2, -0.15) is 0 Å². The van der Waals surface area contributed by atoms with E-state index in [-0.39, 0.29) is 12.0 Å². The van der Waals surface area contributed by atoms with Gasteiger partial charge in [0.05, 0.1) is 5.60 Å². The number of hydrogen-bond acceptors (Lipinski definition) is 2. The van der Waals surface area contributed by atoms with E-state index in [1.807, 2.05) is 13.8 Å². The third-order valence-electron chi connectivity index (χ3n) is 1.84. The van der Waals surface area contributed by atoms with E-state index in [0.29, 0.717) is 0 Å². The number of aliphatic hydroxyl groups is 2. The van der Waals surface area contributed by atoms with Crippen molar-refractivity contribution in [1.29, 1.82) is 0 Å². The zero-order chi connectivity index (χ0) is 9.12. The molecule has 0 fully saturated rings. The summed E-state index contributed by atoms with van der Waals surface area (Å²) in [5.74, 6) is 0. The van der Waals surface area contributed by atoms with Crippen molar-refractivity contribution >= 4 is 0 Å². The van der Waals surface area contributed by atoms with Crippen LogP contribution in [0.3, 0.4) is 0 Å². The zero-order valence-electron chi connectivity index (χ0n) is 8.02. The lowest BCUT2D eigenvalue weighted by atomic mass is 9.85. The van der Waals surface area contributed by atoms with Crippen molar-refractivity contribution in [3.63, 3.8) is 0 Å². The fraction of sp³-hybridized carbons (Fsp3) is 1.00. The summed E-state index contributed by atoms with van der Waals surface area (Å²) in [6.07, 6.45) is 1.59. The van der Waals surface area contributed by atoms with E-state index in [1.54, 1.807) is 13.8 Å². The van der Waals surface area contributed by atoms with Crippen molar-refractivity contribution in [3.8, 4) is 0 Å². The van der Waals surface area contributed by atoms with E-state index in [4.69, 9.17) is 5.11 Å². The Labute approximate surface area is 69.2 Å². The van der Waals surface area contributed by atoms with E-state index in [9.17, 15) is 5.11 Å². The van der Waals surface area contributed by atoms with Crippen LogP contribution in [0.25, 0.3) is 0 Å². The van der Waals surface area contributed by atoms with Crippen LogP contribution in [0.5, 0.6) is 0 Å². The summed E-state index contributed by atoms with van der Waals surface area (Å²) in [6, 6.07) is 0. The first kappa shape index (κ1) is 10.9. The van der Waals surface area contributed by atoms with Gasteiger partial charge >= 0.3 is 0 Å². The standard InChI is InChI=1S/C9H20O2/c1-8(2,7-10)5-6-9(3,4)11/h10-11H,5-7H2,1-4H3. The molecule has 0 aliphatic heterocycles. The van der Waals surface area contributed by atoms with Crippen LogP contribution in [0, 0.1) is 5.41 Å². The second-order valence-corrected chi connectivity index (χ2v) is 4.63. The second-order valence-electron chi connectivity index (χ2n) is 4.63. The molecule has 0 radical (unpaired) electrons. The van der Waals surface area contributed by atoms with Crippen molar-refractivity contribution in [2.75, 3.05) is 6.61 Å². The molecular formula is C9H20O2. The summed E-state index contributed by atoms with van der Waals surface area (Å²) in [7, 11) is 0. The molecule has 0 amide bonds. The maximum Gasteiger partial charge on any atom is 0.0592 e. The van der Waals surface area contributed by atoms with Crippen LogP contribution in [0.2, 0.25) is 0 Å². The Balaban J connectivity index is 3.70. The van der Waals surface area contributed by atoms with Crippen LogP contribution >= 0.6 is 0 Å². The van der Waals surface area contributed by atoms with Crippen molar-refractivity contribution in [1.82, 2.24) is 0 Å². The van der Waals surface area contributed by atoms with E-state index in [2.05, 4.69) is 0 Å². The van der Waals surface area contributed by atoms with Crippen molar-refractivity contribution in [3.05, 3.63) is 0 Å². The fourth-order valence-corrected chi connectivity index (χ4v) is 0.723. The van der Waals surface area contributed by atoms with Gasteiger partial charge in [-0.25, -0.2) is 0 Å². The molecule has 2 N–H and O–H groups in total. The summed E-state index contributed by atoms with van der Waals surface area (Å²) < 4.78 is 0. The van der Waals surface area contributed by atoms with Gasteiger partial charge in [-0.3, -0.25) is 0 Å². The molecule has 0 saturated heterocycles. The first-order valence-corrected chi connectivity index (χ1v) is 4.10. The van der Waals surface area contributed by atoms with E-state index in [1.165, 1.54) is 0 Å². The molecule has 0 aliphatic rings. The average Bonchev–Trinajstić information content (AvgIpc) is 1.83. The van der Waals surface area contributed by atoms with Gasteiger partial charge < -0.3 is 10.2 Å². The van der Waals surface area contributed by atoms with Crippen LogP contribution in [0.1, 0.15) is 40.5 Å². The van der Waals surface area contributed by atoms with Crippen molar-refractivity contribution in [2.45, 2.75) is 46.1 Å². The zero-order valence-corrected chi connectivity index (χ0v) is 8.02. The molecule has 0 aliphatic carbocycles. The van der Waals surface area contributed by atoms with Gasteiger partial charge in [0, 0.05) is 6.61 Å². The van der Waals surface area contributed by atoms with Gasteiger partial charge in [0.15, 0.2) is 0 Å². The average molecular weight is 160 g/mol. The van der Waals surface area contributed by atoms with Gasteiger partial charge in [-0.15, -0.1) is 0 Å². The summed E-state index contributed by atoms with van der Waals surface area (Å²) in [4.78, 5) is 0. The highest BCUT2D eigenvalue weighted by molar-refractivity contribution is 4.73. The third kappa shape index (κ3) is 6.32. The van der Waals surface area contributed by atoms with Gasteiger partial charge in [-0.05, 0) is 32.1 Å². The molecule has 0 spiro atoms. The quantitative estimate of drug-likeness (QED) is 0.655. The van der Waals surface area contributed by atoms with Crippen LogP contribution in [0.4, 0.5) is 0 Å². The summed E-state index contributed by atoms with van der Waals surface area (Å²) in [6.45, 7) is 7.77. The summed E-state index contributed by atoms with van der Waals surface area (Å²) in [5, 5.41) is 18.3. The largest absolute Gasteiger partial charge is 0.396 e. The highest BCUT2D eigenvalue weighted by Crippen LogP contribution is 2.25. The van der Waals surface area contributed by atoms with Gasteiger partial charge in [0.1, 0.15) is 0 Å². The molecule has 0 rings (SSSR count). The number of rotatable bonds is 4. The van der Waals surface area contributed by atoms with Crippen LogP contribution in [-0.4, -0.2) is 22.4 Å². The molecule has 2 nitrogen and oxygen atoms in total. The molecule has 0 aromatic carbocycles. The van der Waals surface area contributed by atoms with E-state index >= 15 is 0 Å². The Morgan fingerprint density at radius 3 is 1.73 bits per heavy atom. The molecule has 0 heterocycles. The number of aliphatic hydroxyl groups excluding tert-OH is 1. The normalized spacial score (nSPS) is 13.6. The molecule has 11 heavy (non-hydrogen) atoms. The van der Waals surface area contributed by atoms with Gasteiger partial charge in [0.25, 0.3) is 0 Å². The summed E-state index contributed by atoms with van der Waals surface area (Å²) >= 11 is 0. The lowest BCUT2D eigenvalue weighted by molar-refractivity contribution is 0.0459. The van der Waals surface area contributed by atoms with Crippen molar-refractivity contribution in [2.24, 2.45) is 5.41 Å². The van der Waals surface area contributed by atoms with Crippen molar-refractivity contribution < 1.29 is 10.2 Å². The number of hydrogen-bond donors (Lipinski definition) is 2. The fourth-order valence-electron chi connectivity index (χ4n) is 0.723. The minimum absolute atomic E-state index is 0.0556. The Morgan fingerprint density at radius 1 is 1.00 bits per heavy atom. The van der Waals surface area contributed by atoms with E-state index in [0.717, 1.165) is 12.8 Å². The second kappa shape index (κ2) is 3.55. The molecule has 68 valence electrons. The maximum atomic E-state index is 9.39. The smallest absolute Gasteiger partial charge is 0.0592 e.